The van der Waals surface area contributed by atoms with Gasteiger partial charge in [-0.3, -0.25) is 4.79 Å². The molecule has 1 aromatic carbocycles. The molecule has 2 aromatic rings. The first kappa shape index (κ1) is 34.3. The van der Waals surface area contributed by atoms with Crippen molar-refractivity contribution < 1.29 is 23.8 Å². The van der Waals surface area contributed by atoms with Crippen LogP contribution in [0, 0.1) is 0 Å². The monoisotopic (exact) mass is 588 g/mol. The van der Waals surface area contributed by atoms with Gasteiger partial charge in [0.15, 0.2) is 0 Å². The van der Waals surface area contributed by atoms with Crippen molar-refractivity contribution in [3.05, 3.63) is 48.0 Å². The summed E-state index contributed by atoms with van der Waals surface area (Å²) in [5.74, 6) is 1.25. The van der Waals surface area contributed by atoms with E-state index in [-0.39, 0.29) is 24.1 Å². The molecule has 2 rings (SSSR count). The number of aromatic nitrogens is 2. The molecule has 0 radical (unpaired) electrons. The number of ether oxygens (including phenoxy) is 3. The molecule has 1 atom stereocenters. The molecule has 0 bridgehead atoms. The molecule has 1 N–H and O–H groups in total. The van der Waals surface area contributed by atoms with Crippen LogP contribution in [0.3, 0.4) is 0 Å². The molecule has 230 valence electrons. The van der Waals surface area contributed by atoms with E-state index in [4.69, 9.17) is 14.2 Å². The summed E-state index contributed by atoms with van der Waals surface area (Å²) >= 11 is 0. The lowest BCUT2D eigenvalue weighted by Crippen LogP contribution is -2.52. The Balaban J connectivity index is 2.24. The zero-order valence-electron chi connectivity index (χ0n) is 27.0. The number of carbonyl (C=O) groups excluding carboxylic acids is 2. The molecule has 0 saturated carbocycles. The van der Waals surface area contributed by atoms with E-state index in [1.807, 2.05) is 69.6 Å². The predicted molar refractivity (Wildman–Crippen MR) is 166 cm³/mol. The van der Waals surface area contributed by atoms with E-state index < -0.39 is 25.8 Å². The van der Waals surface area contributed by atoms with Gasteiger partial charge in [0.1, 0.15) is 35.5 Å². The lowest BCUT2D eigenvalue weighted by atomic mass is 10.0. The third-order valence-electron chi connectivity index (χ3n) is 6.02. The van der Waals surface area contributed by atoms with Crippen LogP contribution < -0.4 is 10.1 Å². The average molecular weight is 589 g/mol. The summed E-state index contributed by atoms with van der Waals surface area (Å²) in [6.45, 7) is 23.6. The maximum Gasteiger partial charge on any atom is 0.408 e. The van der Waals surface area contributed by atoms with Crippen molar-refractivity contribution in [2.45, 2.75) is 124 Å². The molecule has 10 heteroatoms. The zero-order chi connectivity index (χ0) is 31.0. The summed E-state index contributed by atoms with van der Waals surface area (Å²) in [5.41, 5.74) is -0.121. The van der Waals surface area contributed by atoms with Crippen LogP contribution in [0.15, 0.2) is 36.7 Å². The van der Waals surface area contributed by atoms with Crippen molar-refractivity contribution >= 4 is 20.1 Å². The van der Waals surface area contributed by atoms with E-state index in [1.54, 1.807) is 31.9 Å². The number of hydrogen-bond acceptors (Lipinski definition) is 6. The molecule has 1 heterocycles. The fraction of sp³-hybridized carbons (Fsp3) is 0.645. The first-order valence-electron chi connectivity index (χ1n) is 14.5. The van der Waals surface area contributed by atoms with Crippen LogP contribution in [0.4, 0.5) is 4.79 Å². The second kappa shape index (κ2) is 14.4. The normalized spacial score (nSPS) is 13.2. The number of benzene rings is 1. The van der Waals surface area contributed by atoms with E-state index >= 15 is 0 Å². The van der Waals surface area contributed by atoms with Gasteiger partial charge in [-0.1, -0.05) is 31.8 Å². The molecule has 0 aliphatic heterocycles. The van der Waals surface area contributed by atoms with E-state index in [0.717, 1.165) is 23.2 Å². The van der Waals surface area contributed by atoms with Crippen molar-refractivity contribution in [2.24, 2.45) is 0 Å². The molecule has 0 unspecified atom stereocenters. The van der Waals surface area contributed by atoms with Gasteiger partial charge in [-0.25, -0.2) is 9.78 Å². The van der Waals surface area contributed by atoms with E-state index in [1.165, 1.54) is 0 Å². The smallest absolute Gasteiger partial charge is 0.408 e. The lowest BCUT2D eigenvalue weighted by Gasteiger charge is -2.31. The van der Waals surface area contributed by atoms with Gasteiger partial charge in [-0.2, -0.15) is 0 Å². The van der Waals surface area contributed by atoms with Crippen LogP contribution in [-0.2, 0) is 34.0 Å². The molecule has 0 saturated heterocycles. The highest BCUT2D eigenvalue weighted by Crippen LogP contribution is 2.20. The minimum Gasteiger partial charge on any atom is -0.488 e. The number of imidazole rings is 1. The van der Waals surface area contributed by atoms with Gasteiger partial charge < -0.3 is 29.0 Å². The molecular formula is C31H52N4O5Si. The highest BCUT2D eigenvalue weighted by atomic mass is 28.3. The predicted octanol–water partition coefficient (Wildman–Crippen LogP) is 6.25. The summed E-state index contributed by atoms with van der Waals surface area (Å²) in [4.78, 5) is 33.1. The van der Waals surface area contributed by atoms with Gasteiger partial charge in [-0.15, -0.1) is 0 Å². The Morgan fingerprint density at radius 1 is 1.02 bits per heavy atom. The van der Waals surface area contributed by atoms with Gasteiger partial charge in [0.2, 0.25) is 5.91 Å². The molecule has 41 heavy (non-hydrogen) atoms. The number of amides is 2. The second-order valence-corrected chi connectivity index (χ2v) is 19.6. The van der Waals surface area contributed by atoms with Crippen molar-refractivity contribution in [3.63, 3.8) is 0 Å². The first-order chi connectivity index (χ1) is 18.8. The van der Waals surface area contributed by atoms with Gasteiger partial charge in [0.05, 0.1) is 6.54 Å². The Bertz CT molecular complexity index is 1110. The Hall–Kier alpha value is -2.85. The number of carbonyl (C=O) groups is 2. The Labute approximate surface area is 248 Å². The Morgan fingerprint density at radius 2 is 1.66 bits per heavy atom. The largest absolute Gasteiger partial charge is 0.488 e. The minimum absolute atomic E-state index is 0.133. The van der Waals surface area contributed by atoms with E-state index in [0.29, 0.717) is 19.8 Å². The lowest BCUT2D eigenvalue weighted by molar-refractivity contribution is -0.136. The topological polar surface area (TPSA) is 94.9 Å². The number of hydrogen-bond donors (Lipinski definition) is 1. The maximum atomic E-state index is 14.0. The van der Waals surface area contributed by atoms with Crippen molar-refractivity contribution in [1.82, 2.24) is 19.8 Å². The number of alkyl carbamates (subject to hydrolysis) is 1. The van der Waals surface area contributed by atoms with Gasteiger partial charge in [0.25, 0.3) is 0 Å². The summed E-state index contributed by atoms with van der Waals surface area (Å²) in [6.07, 6.45) is 3.25. The quantitative estimate of drug-likeness (QED) is 0.220. The Kier molecular flexibility index (Phi) is 12.0. The van der Waals surface area contributed by atoms with Crippen molar-refractivity contribution in [1.29, 1.82) is 0 Å². The fourth-order valence-electron chi connectivity index (χ4n) is 3.95. The summed E-state index contributed by atoms with van der Waals surface area (Å²) in [5, 5.41) is 2.83. The van der Waals surface area contributed by atoms with Crippen LogP contribution in [-0.4, -0.2) is 64.4 Å². The molecule has 9 nitrogen and oxygen atoms in total. The Morgan fingerprint density at radius 3 is 2.20 bits per heavy atom. The number of nitrogens with one attached hydrogen (secondary N) is 1. The van der Waals surface area contributed by atoms with Gasteiger partial charge >= 0.3 is 6.09 Å². The van der Waals surface area contributed by atoms with Crippen LogP contribution in [0.5, 0.6) is 5.75 Å². The third-order valence-corrected chi connectivity index (χ3v) is 7.73. The van der Waals surface area contributed by atoms with Crippen molar-refractivity contribution in [3.8, 4) is 5.75 Å². The molecule has 2 amide bonds. The standard InChI is InChI=1S/C31H52N4O5Si/c1-23(2)35(21-27-32-16-17-34(27)22-38-18-19-41(9,10)11)28(36)26(33-29(37)40-31(6,7)8)20-24-12-14-25(15-13-24)39-30(3,4)5/h12-17,23,26H,18-22H2,1-11H3,(H,33,37)/t26-/m0/s1. The van der Waals surface area contributed by atoms with Gasteiger partial charge in [-0.05, 0) is 79.1 Å². The fourth-order valence-corrected chi connectivity index (χ4v) is 4.71. The minimum atomic E-state index is -1.19. The molecule has 0 aliphatic carbocycles. The summed E-state index contributed by atoms with van der Waals surface area (Å²) in [7, 11) is -1.19. The molecule has 0 fully saturated rings. The van der Waals surface area contributed by atoms with Crippen molar-refractivity contribution in [2.75, 3.05) is 6.61 Å². The average Bonchev–Trinajstić information content (AvgIpc) is 3.24. The molecular weight excluding hydrogens is 536 g/mol. The molecule has 0 spiro atoms. The second-order valence-electron chi connectivity index (χ2n) is 14.0. The highest BCUT2D eigenvalue weighted by Gasteiger charge is 2.30. The number of rotatable bonds is 13. The van der Waals surface area contributed by atoms with E-state index in [9.17, 15) is 9.59 Å². The van der Waals surface area contributed by atoms with Crippen LogP contribution in [0.2, 0.25) is 25.7 Å². The number of nitrogens with zero attached hydrogens (tertiary/aromatic N) is 3. The van der Waals surface area contributed by atoms with Crippen LogP contribution in [0.25, 0.3) is 0 Å². The van der Waals surface area contributed by atoms with E-state index in [2.05, 4.69) is 29.9 Å². The third kappa shape index (κ3) is 13.1. The molecule has 0 aliphatic rings. The first-order valence-corrected chi connectivity index (χ1v) is 18.2. The van der Waals surface area contributed by atoms with Gasteiger partial charge in [0, 0.05) is 39.5 Å². The summed E-state index contributed by atoms with van der Waals surface area (Å²) < 4.78 is 19.3. The maximum absolute atomic E-state index is 14.0. The highest BCUT2D eigenvalue weighted by molar-refractivity contribution is 6.76. The summed E-state index contributed by atoms with van der Waals surface area (Å²) in [6, 6.07) is 7.72. The zero-order valence-corrected chi connectivity index (χ0v) is 28.0. The SMILES string of the molecule is CC(C)N(Cc1nccn1COCC[Si](C)(C)C)C(=O)[C@H](Cc1ccc(OC(C)(C)C)cc1)NC(=O)OC(C)(C)C. The molecule has 1 aromatic heterocycles. The van der Waals surface area contributed by atoms with Crippen LogP contribution in [0.1, 0.15) is 66.8 Å². The van der Waals surface area contributed by atoms with Crippen LogP contribution >= 0.6 is 0 Å².